The van der Waals surface area contributed by atoms with Gasteiger partial charge in [0.2, 0.25) is 0 Å². The van der Waals surface area contributed by atoms with Crippen LogP contribution in [0.4, 0.5) is 5.69 Å². The van der Waals surface area contributed by atoms with Crippen LogP contribution in [0.3, 0.4) is 0 Å². The van der Waals surface area contributed by atoms with Crippen molar-refractivity contribution in [2.45, 2.75) is 6.54 Å². The van der Waals surface area contributed by atoms with Gasteiger partial charge < -0.3 is 15.2 Å². The van der Waals surface area contributed by atoms with Crippen molar-refractivity contribution in [3.05, 3.63) is 58.6 Å². The molecule has 0 aliphatic rings. The van der Waals surface area contributed by atoms with Crippen LogP contribution in [0.25, 0.3) is 0 Å². The highest BCUT2D eigenvalue weighted by Crippen LogP contribution is 2.27. The predicted octanol–water partition coefficient (Wildman–Crippen LogP) is 3.66. The zero-order chi connectivity index (χ0) is 14.5. The number of carboxylic acids is 1. The summed E-state index contributed by atoms with van der Waals surface area (Å²) in [6, 6.07) is 12.0. The first-order valence-electron chi connectivity index (χ1n) is 6.00. The van der Waals surface area contributed by atoms with E-state index in [2.05, 4.69) is 5.32 Å². The molecule has 0 aliphatic heterocycles. The van der Waals surface area contributed by atoms with Crippen LogP contribution >= 0.6 is 11.6 Å². The van der Waals surface area contributed by atoms with Gasteiger partial charge in [0.15, 0.2) is 0 Å². The van der Waals surface area contributed by atoms with Crippen LogP contribution in [0.15, 0.2) is 42.5 Å². The summed E-state index contributed by atoms with van der Waals surface area (Å²) in [5.74, 6) is -0.225. The number of methoxy groups -OCH3 is 1. The number of ether oxygens (including phenoxy) is 1. The Morgan fingerprint density at radius 3 is 2.55 bits per heavy atom. The monoisotopic (exact) mass is 291 g/mol. The van der Waals surface area contributed by atoms with Gasteiger partial charge in [-0.25, -0.2) is 4.79 Å². The summed E-state index contributed by atoms with van der Waals surface area (Å²) in [4.78, 5) is 10.8. The fraction of sp³-hybridized carbons (Fsp3) is 0.133. The lowest BCUT2D eigenvalue weighted by Gasteiger charge is -2.12. The number of aromatic carboxylic acids is 1. The molecule has 2 aromatic carbocycles. The van der Waals surface area contributed by atoms with E-state index in [1.807, 2.05) is 12.1 Å². The van der Waals surface area contributed by atoms with E-state index in [1.54, 1.807) is 37.4 Å². The summed E-state index contributed by atoms with van der Waals surface area (Å²) in [6.07, 6.45) is 0. The first-order valence-corrected chi connectivity index (χ1v) is 6.38. The molecule has 0 radical (unpaired) electrons. The van der Waals surface area contributed by atoms with Gasteiger partial charge in [0.1, 0.15) is 5.75 Å². The van der Waals surface area contributed by atoms with Gasteiger partial charge in [-0.05, 0) is 36.4 Å². The van der Waals surface area contributed by atoms with Crippen molar-refractivity contribution < 1.29 is 14.6 Å². The van der Waals surface area contributed by atoms with Crippen molar-refractivity contribution in [2.75, 3.05) is 12.4 Å². The van der Waals surface area contributed by atoms with Gasteiger partial charge in [-0.2, -0.15) is 0 Å². The Bertz CT molecular complexity index is 611. The molecule has 0 aliphatic carbocycles. The highest BCUT2D eigenvalue weighted by atomic mass is 35.5. The van der Waals surface area contributed by atoms with E-state index < -0.39 is 5.97 Å². The Morgan fingerprint density at radius 1 is 1.25 bits per heavy atom. The smallest absolute Gasteiger partial charge is 0.335 e. The van der Waals surface area contributed by atoms with Crippen LogP contribution in [0.5, 0.6) is 5.75 Å². The molecule has 20 heavy (non-hydrogen) atoms. The molecule has 0 heterocycles. The molecule has 2 rings (SSSR count). The summed E-state index contributed by atoms with van der Waals surface area (Å²) in [7, 11) is 1.59. The Balaban J connectivity index is 2.11. The van der Waals surface area contributed by atoms with Crippen LogP contribution in [-0.2, 0) is 6.54 Å². The van der Waals surface area contributed by atoms with E-state index in [0.29, 0.717) is 17.3 Å². The quantitative estimate of drug-likeness (QED) is 0.882. The van der Waals surface area contributed by atoms with E-state index in [0.717, 1.165) is 11.3 Å². The molecular weight excluding hydrogens is 278 g/mol. The molecule has 2 aromatic rings. The van der Waals surface area contributed by atoms with Crippen molar-refractivity contribution in [1.82, 2.24) is 0 Å². The van der Waals surface area contributed by atoms with Crippen LogP contribution in [-0.4, -0.2) is 18.2 Å². The molecule has 5 heteroatoms. The third kappa shape index (κ3) is 3.22. The average Bonchev–Trinajstić information content (AvgIpc) is 2.46. The normalized spacial score (nSPS) is 10.1. The number of anilines is 1. The zero-order valence-corrected chi connectivity index (χ0v) is 11.6. The maximum absolute atomic E-state index is 10.8. The highest BCUT2D eigenvalue weighted by molar-refractivity contribution is 6.31. The summed E-state index contributed by atoms with van der Waals surface area (Å²) in [5, 5.41) is 12.6. The first-order chi connectivity index (χ1) is 9.61. The van der Waals surface area contributed by atoms with Crippen molar-refractivity contribution in [1.29, 1.82) is 0 Å². The third-order valence-corrected chi connectivity index (χ3v) is 3.25. The maximum atomic E-state index is 10.8. The van der Waals surface area contributed by atoms with Crippen LogP contribution in [0.1, 0.15) is 15.9 Å². The Morgan fingerprint density at radius 2 is 1.95 bits per heavy atom. The van der Waals surface area contributed by atoms with Gasteiger partial charge in [0.05, 0.1) is 12.7 Å². The Kier molecular flexibility index (Phi) is 4.48. The minimum absolute atomic E-state index is 0.255. The van der Waals surface area contributed by atoms with Gasteiger partial charge in [-0.1, -0.05) is 17.7 Å². The number of hydrogen-bond donors (Lipinski definition) is 2. The largest absolute Gasteiger partial charge is 0.496 e. The molecule has 0 spiro atoms. The Hall–Kier alpha value is -2.20. The van der Waals surface area contributed by atoms with Crippen LogP contribution < -0.4 is 10.1 Å². The first kappa shape index (κ1) is 14.2. The number of halogens is 1. The molecule has 0 amide bonds. The van der Waals surface area contributed by atoms with E-state index in [1.165, 1.54) is 0 Å². The number of nitrogens with one attached hydrogen (secondary N) is 1. The van der Waals surface area contributed by atoms with Gasteiger partial charge in [-0.15, -0.1) is 0 Å². The molecule has 2 N–H and O–H groups in total. The molecule has 0 fully saturated rings. The summed E-state index contributed by atoms with van der Waals surface area (Å²) in [6.45, 7) is 0.495. The van der Waals surface area contributed by atoms with Crippen LogP contribution in [0.2, 0.25) is 5.02 Å². The van der Waals surface area contributed by atoms with Crippen molar-refractivity contribution in [3.63, 3.8) is 0 Å². The number of carbonyl (C=O) groups is 1. The fourth-order valence-corrected chi connectivity index (χ4v) is 2.06. The maximum Gasteiger partial charge on any atom is 0.335 e. The summed E-state index contributed by atoms with van der Waals surface area (Å²) in [5.41, 5.74) is 1.93. The SMILES string of the molecule is COc1cccc(Cl)c1CNc1ccc(C(=O)O)cc1. The van der Waals surface area contributed by atoms with Gasteiger partial charge in [0, 0.05) is 22.8 Å². The van der Waals surface area contributed by atoms with Crippen molar-refractivity contribution in [2.24, 2.45) is 0 Å². The number of rotatable bonds is 5. The lowest BCUT2D eigenvalue weighted by molar-refractivity contribution is 0.0697. The molecule has 0 unspecified atom stereocenters. The van der Waals surface area contributed by atoms with Crippen molar-refractivity contribution in [3.8, 4) is 5.75 Å². The van der Waals surface area contributed by atoms with Gasteiger partial charge >= 0.3 is 5.97 Å². The number of benzene rings is 2. The summed E-state index contributed by atoms with van der Waals surface area (Å²) < 4.78 is 5.26. The highest BCUT2D eigenvalue weighted by Gasteiger charge is 2.07. The zero-order valence-electron chi connectivity index (χ0n) is 10.9. The van der Waals surface area contributed by atoms with Crippen molar-refractivity contribution >= 4 is 23.3 Å². The molecule has 0 saturated heterocycles. The average molecular weight is 292 g/mol. The van der Waals surface area contributed by atoms with Crippen LogP contribution in [0, 0.1) is 0 Å². The standard InChI is InChI=1S/C15H14ClNO3/c1-20-14-4-2-3-13(16)12(14)9-17-11-7-5-10(6-8-11)15(18)19/h2-8,17H,9H2,1H3,(H,18,19). The lowest BCUT2D eigenvalue weighted by atomic mass is 10.1. The topological polar surface area (TPSA) is 58.6 Å². The Labute approximate surface area is 122 Å². The second-order valence-electron chi connectivity index (χ2n) is 4.16. The second kappa shape index (κ2) is 6.30. The van der Waals surface area contributed by atoms with E-state index >= 15 is 0 Å². The molecule has 0 atom stereocenters. The summed E-state index contributed by atoms with van der Waals surface area (Å²) >= 11 is 6.14. The molecule has 104 valence electrons. The van der Waals surface area contributed by atoms with Gasteiger partial charge in [-0.3, -0.25) is 0 Å². The van der Waals surface area contributed by atoms with Gasteiger partial charge in [0.25, 0.3) is 0 Å². The molecule has 0 saturated carbocycles. The van der Waals surface area contributed by atoms with E-state index in [-0.39, 0.29) is 5.56 Å². The second-order valence-corrected chi connectivity index (χ2v) is 4.56. The molecule has 4 nitrogen and oxygen atoms in total. The molecule has 0 aromatic heterocycles. The molecular formula is C15H14ClNO3. The number of carboxylic acid groups (broad SMARTS) is 1. The predicted molar refractivity (Wildman–Crippen MR) is 78.7 cm³/mol. The number of hydrogen-bond acceptors (Lipinski definition) is 3. The lowest BCUT2D eigenvalue weighted by Crippen LogP contribution is -2.03. The minimum atomic E-state index is -0.940. The third-order valence-electron chi connectivity index (χ3n) is 2.90. The van der Waals surface area contributed by atoms with E-state index in [4.69, 9.17) is 21.4 Å². The minimum Gasteiger partial charge on any atom is -0.496 e. The molecule has 0 bridgehead atoms. The van der Waals surface area contributed by atoms with E-state index in [9.17, 15) is 4.79 Å². The fourth-order valence-electron chi connectivity index (χ4n) is 1.82.